The summed E-state index contributed by atoms with van der Waals surface area (Å²) in [6.45, 7) is 23.2. The molecule has 1 aliphatic heterocycles. The number of rotatable bonds is 4. The monoisotopic (exact) mass is 435 g/mol. The quantitative estimate of drug-likeness (QED) is 0.483. The van der Waals surface area contributed by atoms with Gasteiger partial charge in [0.1, 0.15) is 13.7 Å². The molecule has 5 nitrogen and oxygen atoms in total. The Kier molecular flexibility index (Phi) is 8.65. The fraction of sp³-hybridized carbons (Fsp3) is 0.792. The normalized spacial score (nSPS) is 18.3. The number of alkyl carbamates (subject to hydrolysis) is 1. The first kappa shape index (κ1) is 26.6. The minimum absolute atomic E-state index is 0.203. The van der Waals surface area contributed by atoms with E-state index >= 15 is 0 Å². The van der Waals surface area contributed by atoms with E-state index in [1.54, 1.807) is 0 Å². The number of ether oxygens (including phenoxy) is 3. The second-order valence-electron chi connectivity index (χ2n) is 10.6. The van der Waals surface area contributed by atoms with Crippen molar-refractivity contribution in [1.29, 1.82) is 0 Å². The first-order chi connectivity index (χ1) is 13.6. The zero-order valence-corrected chi connectivity index (χ0v) is 21.8. The van der Waals surface area contributed by atoms with Crippen LogP contribution in [0.4, 0.5) is 4.79 Å². The summed E-state index contributed by atoms with van der Waals surface area (Å²) in [5, 5.41) is 2.85. The molecule has 170 valence electrons. The van der Waals surface area contributed by atoms with E-state index in [9.17, 15) is 4.79 Å². The number of carbonyl (C=O) groups is 1. The molecule has 0 aromatic heterocycles. The molecular weight excluding hydrogens is 394 g/mol. The lowest BCUT2D eigenvalue weighted by Crippen LogP contribution is -2.60. The molecule has 1 N–H and O–H groups in total. The minimum Gasteiger partial charge on any atom is -0.444 e. The maximum atomic E-state index is 12.4. The summed E-state index contributed by atoms with van der Waals surface area (Å²) in [5.41, 5.74) is 3.58. The van der Waals surface area contributed by atoms with E-state index in [1.165, 1.54) is 0 Å². The second-order valence-corrected chi connectivity index (χ2v) is 16.2. The van der Waals surface area contributed by atoms with E-state index in [0.29, 0.717) is 16.6 Å². The Morgan fingerprint density at radius 3 is 1.83 bits per heavy atom. The van der Waals surface area contributed by atoms with Crippen molar-refractivity contribution in [1.82, 2.24) is 5.32 Å². The lowest BCUT2D eigenvalue weighted by Gasteiger charge is -2.40. The van der Waals surface area contributed by atoms with Gasteiger partial charge in [-0.1, -0.05) is 47.5 Å². The van der Waals surface area contributed by atoms with Gasteiger partial charge >= 0.3 is 6.09 Å². The van der Waals surface area contributed by atoms with Crippen LogP contribution in [0, 0.1) is 23.3 Å². The summed E-state index contributed by atoms with van der Waals surface area (Å²) in [4.78, 5) is 12.4. The third-order valence-corrected chi connectivity index (χ3v) is 11.9. The van der Waals surface area contributed by atoms with Crippen LogP contribution in [0.25, 0.3) is 0 Å². The molecule has 0 bridgehead atoms. The Labute approximate surface area is 185 Å². The SMILES string of the molecule is CC(C)[Si](C#CC#CC1(NC(=O)OC(C)(C)C)COC(C)(C)OC1)(C(C)C)C(C)C. The van der Waals surface area contributed by atoms with Gasteiger partial charge in [0.2, 0.25) is 0 Å². The van der Waals surface area contributed by atoms with Crippen molar-refractivity contribution < 1.29 is 19.0 Å². The minimum atomic E-state index is -1.86. The number of hydrogen-bond donors (Lipinski definition) is 1. The van der Waals surface area contributed by atoms with Gasteiger partial charge in [0, 0.05) is 0 Å². The van der Waals surface area contributed by atoms with Crippen LogP contribution in [-0.2, 0) is 14.2 Å². The lowest BCUT2D eigenvalue weighted by atomic mass is 10.0. The highest BCUT2D eigenvalue weighted by Crippen LogP contribution is 2.40. The van der Waals surface area contributed by atoms with Crippen LogP contribution in [0.3, 0.4) is 0 Å². The van der Waals surface area contributed by atoms with Crippen LogP contribution in [0.1, 0.15) is 76.2 Å². The van der Waals surface area contributed by atoms with E-state index in [0.717, 1.165) is 0 Å². The molecule has 6 heteroatoms. The van der Waals surface area contributed by atoms with Crippen molar-refractivity contribution in [2.45, 2.75) is 110 Å². The van der Waals surface area contributed by atoms with Crippen LogP contribution in [0.2, 0.25) is 16.6 Å². The van der Waals surface area contributed by atoms with Gasteiger partial charge in [-0.2, -0.15) is 0 Å². The van der Waals surface area contributed by atoms with Crippen molar-refractivity contribution in [3.05, 3.63) is 0 Å². The third-order valence-electron chi connectivity index (χ3n) is 5.58. The Bertz CT molecular complexity index is 694. The summed E-state index contributed by atoms with van der Waals surface area (Å²) < 4.78 is 17.0. The van der Waals surface area contributed by atoms with E-state index in [4.69, 9.17) is 14.2 Å². The largest absolute Gasteiger partial charge is 0.444 e. The van der Waals surface area contributed by atoms with Crippen LogP contribution < -0.4 is 5.32 Å². The molecule has 0 aromatic rings. The molecule has 1 heterocycles. The summed E-state index contributed by atoms with van der Waals surface area (Å²) >= 11 is 0. The smallest absolute Gasteiger partial charge is 0.409 e. The van der Waals surface area contributed by atoms with E-state index in [2.05, 4.69) is 70.2 Å². The van der Waals surface area contributed by atoms with Crippen molar-refractivity contribution in [2.75, 3.05) is 13.2 Å². The first-order valence-electron chi connectivity index (χ1n) is 10.9. The third kappa shape index (κ3) is 7.05. The van der Waals surface area contributed by atoms with Gasteiger partial charge in [-0.25, -0.2) is 4.79 Å². The molecule has 0 unspecified atom stereocenters. The second kappa shape index (κ2) is 9.77. The standard InChI is InChI=1S/C24H41NO4Si/c1-18(2)30(19(3)4,20(5)6)15-13-12-14-24(16-27-23(10,11)28-17-24)25-21(26)29-22(7,8)9/h18-20H,16-17H2,1-11H3,(H,25,26). The van der Waals surface area contributed by atoms with Crippen molar-refractivity contribution in [2.24, 2.45) is 0 Å². The van der Waals surface area contributed by atoms with Gasteiger partial charge in [-0.15, -0.1) is 5.54 Å². The zero-order chi connectivity index (χ0) is 23.4. The first-order valence-corrected chi connectivity index (χ1v) is 13.1. The Balaban J connectivity index is 3.21. The topological polar surface area (TPSA) is 56.8 Å². The molecule has 0 atom stereocenters. The maximum Gasteiger partial charge on any atom is 0.409 e. The number of hydrogen-bond acceptors (Lipinski definition) is 4. The molecule has 0 aliphatic carbocycles. The van der Waals surface area contributed by atoms with Crippen LogP contribution in [-0.4, -0.2) is 44.3 Å². The Morgan fingerprint density at radius 2 is 1.43 bits per heavy atom. The molecule has 1 rings (SSSR count). The van der Waals surface area contributed by atoms with Gasteiger partial charge < -0.3 is 19.5 Å². The van der Waals surface area contributed by atoms with E-state index in [1.807, 2.05) is 34.6 Å². The summed E-state index contributed by atoms with van der Waals surface area (Å²) in [6, 6.07) is 0. The van der Waals surface area contributed by atoms with Gasteiger partial charge in [-0.3, -0.25) is 0 Å². The summed E-state index contributed by atoms with van der Waals surface area (Å²) in [7, 11) is -1.86. The molecule has 0 saturated carbocycles. The van der Waals surface area contributed by atoms with Crippen molar-refractivity contribution in [3.63, 3.8) is 0 Å². The van der Waals surface area contributed by atoms with Gasteiger partial charge in [0.05, 0.1) is 13.2 Å². The molecule has 0 aromatic carbocycles. The number of amides is 1. The fourth-order valence-corrected chi connectivity index (χ4v) is 9.22. The number of nitrogens with one attached hydrogen (secondary N) is 1. The predicted molar refractivity (Wildman–Crippen MR) is 125 cm³/mol. The van der Waals surface area contributed by atoms with Crippen LogP contribution in [0.5, 0.6) is 0 Å². The van der Waals surface area contributed by atoms with Crippen molar-refractivity contribution in [3.8, 4) is 23.3 Å². The van der Waals surface area contributed by atoms with Gasteiger partial charge in [0.15, 0.2) is 11.3 Å². The molecule has 1 aliphatic rings. The lowest BCUT2D eigenvalue weighted by molar-refractivity contribution is -0.262. The summed E-state index contributed by atoms with van der Waals surface area (Å²) in [6.07, 6.45) is -0.549. The molecule has 1 saturated heterocycles. The highest BCUT2D eigenvalue weighted by Gasteiger charge is 2.42. The average Bonchev–Trinajstić information content (AvgIpc) is 2.55. The van der Waals surface area contributed by atoms with Gasteiger partial charge in [0.25, 0.3) is 0 Å². The predicted octanol–water partition coefficient (Wildman–Crippen LogP) is 5.26. The molecule has 0 spiro atoms. The average molecular weight is 436 g/mol. The molecule has 1 fully saturated rings. The summed E-state index contributed by atoms with van der Waals surface area (Å²) in [5.74, 6) is 8.53. The molecule has 30 heavy (non-hydrogen) atoms. The zero-order valence-electron chi connectivity index (χ0n) is 20.8. The Hall–Kier alpha value is -1.47. The molecule has 0 radical (unpaired) electrons. The van der Waals surface area contributed by atoms with E-state index < -0.39 is 31.1 Å². The van der Waals surface area contributed by atoms with E-state index in [-0.39, 0.29) is 13.2 Å². The van der Waals surface area contributed by atoms with Crippen LogP contribution in [0.15, 0.2) is 0 Å². The number of carbonyl (C=O) groups excluding carboxylic acids is 1. The van der Waals surface area contributed by atoms with Crippen molar-refractivity contribution >= 4 is 14.2 Å². The highest BCUT2D eigenvalue weighted by atomic mass is 28.3. The maximum absolute atomic E-state index is 12.4. The van der Waals surface area contributed by atoms with Crippen LogP contribution >= 0.6 is 0 Å². The van der Waals surface area contributed by atoms with Gasteiger partial charge in [-0.05, 0) is 63.1 Å². The Morgan fingerprint density at radius 1 is 0.967 bits per heavy atom. The fourth-order valence-electron chi connectivity index (χ4n) is 4.08. The molecule has 1 amide bonds. The highest BCUT2D eigenvalue weighted by molar-refractivity contribution is 6.90. The molecular formula is C24H41NO4Si.